The summed E-state index contributed by atoms with van der Waals surface area (Å²) in [5.74, 6) is 0. The van der Waals surface area contributed by atoms with Gasteiger partial charge in [-0.25, -0.2) is 0 Å². The summed E-state index contributed by atoms with van der Waals surface area (Å²) in [5.41, 5.74) is 3.30. The van der Waals surface area contributed by atoms with Gasteiger partial charge in [0.15, 0.2) is 0 Å². The topological polar surface area (TPSA) is 0 Å². The average Bonchev–Trinajstić information content (AvgIpc) is 2.47. The highest BCUT2D eigenvalue weighted by atomic mass is 28.3. The zero-order chi connectivity index (χ0) is 13.0. The number of benzene rings is 2. The summed E-state index contributed by atoms with van der Waals surface area (Å²) in [4.78, 5) is 0. The summed E-state index contributed by atoms with van der Waals surface area (Å²) in [7, 11) is -1.78. The first-order valence-corrected chi connectivity index (χ1v) is 8.70. The van der Waals surface area contributed by atoms with Gasteiger partial charge in [-0.3, -0.25) is 0 Å². The highest BCUT2D eigenvalue weighted by Crippen LogP contribution is 2.08. The van der Waals surface area contributed by atoms with Crippen LogP contribution in [0.1, 0.15) is 5.56 Å². The molecule has 0 saturated heterocycles. The Kier molecular flexibility index (Phi) is 3.63. The van der Waals surface area contributed by atoms with Gasteiger partial charge in [0.2, 0.25) is 0 Å². The SMILES string of the molecule is C=Cc1ccc([Si](C)(C=C)c2ccccc2)cc1. The van der Waals surface area contributed by atoms with E-state index in [-0.39, 0.29) is 0 Å². The first kappa shape index (κ1) is 12.6. The molecule has 0 amide bonds. The molecular weight excluding hydrogens is 232 g/mol. The molecule has 0 radical (unpaired) electrons. The normalized spacial score (nSPS) is 13.6. The van der Waals surface area contributed by atoms with Crippen LogP contribution in [-0.4, -0.2) is 8.07 Å². The van der Waals surface area contributed by atoms with Crippen LogP contribution in [0, 0.1) is 0 Å². The lowest BCUT2D eigenvalue weighted by Gasteiger charge is -2.24. The third-order valence-corrected chi connectivity index (χ3v) is 7.41. The van der Waals surface area contributed by atoms with E-state index in [4.69, 9.17) is 0 Å². The van der Waals surface area contributed by atoms with Crippen molar-refractivity contribution in [1.82, 2.24) is 0 Å². The molecule has 0 saturated carbocycles. The lowest BCUT2D eigenvalue weighted by Crippen LogP contribution is -2.54. The van der Waals surface area contributed by atoms with Crippen molar-refractivity contribution in [2.24, 2.45) is 0 Å². The minimum absolute atomic E-state index is 1.16. The smallest absolute Gasteiger partial charge is 0.106 e. The Hall–Kier alpha value is -1.86. The largest absolute Gasteiger partial charge is 0.137 e. The third-order valence-electron chi connectivity index (χ3n) is 3.53. The number of hydrogen-bond acceptors (Lipinski definition) is 0. The zero-order valence-electron chi connectivity index (χ0n) is 10.8. The van der Waals surface area contributed by atoms with Gasteiger partial charge in [0.05, 0.1) is 0 Å². The molecule has 2 rings (SSSR count). The molecule has 0 spiro atoms. The minimum Gasteiger partial charge on any atom is -0.106 e. The Morgan fingerprint density at radius 1 is 0.833 bits per heavy atom. The second-order valence-corrected chi connectivity index (χ2v) is 8.57. The summed E-state index contributed by atoms with van der Waals surface area (Å²) >= 11 is 0. The molecular formula is C17H18Si. The minimum atomic E-state index is -1.78. The van der Waals surface area contributed by atoms with E-state index >= 15 is 0 Å². The van der Waals surface area contributed by atoms with E-state index in [1.165, 1.54) is 10.4 Å². The van der Waals surface area contributed by atoms with Crippen molar-refractivity contribution < 1.29 is 0 Å². The van der Waals surface area contributed by atoms with E-state index in [1.807, 2.05) is 6.08 Å². The van der Waals surface area contributed by atoms with E-state index in [1.54, 1.807) is 0 Å². The average molecular weight is 250 g/mol. The van der Waals surface area contributed by atoms with Gasteiger partial charge in [-0.2, -0.15) is 0 Å². The lowest BCUT2D eigenvalue weighted by atomic mass is 10.2. The summed E-state index contributed by atoms with van der Waals surface area (Å²) in [6, 6.07) is 19.3. The molecule has 2 aromatic rings. The fourth-order valence-electron chi connectivity index (χ4n) is 2.15. The first-order chi connectivity index (χ1) is 8.70. The molecule has 1 heteroatoms. The van der Waals surface area contributed by atoms with E-state index in [0.29, 0.717) is 0 Å². The molecule has 0 aliphatic rings. The molecule has 0 bridgehead atoms. The van der Waals surface area contributed by atoms with Crippen molar-refractivity contribution in [2.75, 3.05) is 0 Å². The van der Waals surface area contributed by atoms with Crippen molar-refractivity contribution in [2.45, 2.75) is 6.55 Å². The maximum absolute atomic E-state index is 4.07. The Morgan fingerprint density at radius 3 is 1.89 bits per heavy atom. The van der Waals surface area contributed by atoms with Crippen molar-refractivity contribution in [3.63, 3.8) is 0 Å². The van der Waals surface area contributed by atoms with Crippen LogP contribution in [0.2, 0.25) is 6.55 Å². The summed E-state index contributed by atoms with van der Waals surface area (Å²) in [6.07, 6.45) is 1.87. The van der Waals surface area contributed by atoms with Crippen LogP contribution >= 0.6 is 0 Å². The first-order valence-electron chi connectivity index (χ1n) is 6.13. The molecule has 0 aliphatic carbocycles. The Morgan fingerprint density at radius 2 is 1.39 bits per heavy atom. The van der Waals surface area contributed by atoms with E-state index < -0.39 is 8.07 Å². The van der Waals surface area contributed by atoms with Crippen LogP contribution in [0.5, 0.6) is 0 Å². The predicted octanol–water partition coefficient (Wildman–Crippen LogP) is 3.25. The molecule has 0 aromatic heterocycles. The van der Waals surface area contributed by atoms with Crippen molar-refractivity contribution >= 4 is 24.5 Å². The van der Waals surface area contributed by atoms with Gasteiger partial charge in [-0.05, 0) is 5.56 Å². The van der Waals surface area contributed by atoms with Gasteiger partial charge in [0.25, 0.3) is 0 Å². The van der Waals surface area contributed by atoms with Crippen LogP contribution < -0.4 is 10.4 Å². The van der Waals surface area contributed by atoms with Crippen LogP contribution in [0.3, 0.4) is 0 Å². The molecule has 0 fully saturated rings. The van der Waals surface area contributed by atoms with E-state index in [9.17, 15) is 0 Å². The van der Waals surface area contributed by atoms with E-state index in [0.717, 1.165) is 5.56 Å². The molecule has 18 heavy (non-hydrogen) atoms. The predicted molar refractivity (Wildman–Crippen MR) is 84.1 cm³/mol. The van der Waals surface area contributed by atoms with Crippen LogP contribution in [0.25, 0.3) is 6.08 Å². The van der Waals surface area contributed by atoms with Gasteiger partial charge in [0.1, 0.15) is 8.07 Å². The maximum Gasteiger partial charge on any atom is 0.137 e. The van der Waals surface area contributed by atoms with Crippen molar-refractivity contribution in [1.29, 1.82) is 0 Å². The highest BCUT2D eigenvalue weighted by Gasteiger charge is 2.27. The van der Waals surface area contributed by atoms with Crippen LogP contribution in [-0.2, 0) is 0 Å². The molecule has 0 heterocycles. The summed E-state index contributed by atoms with van der Waals surface area (Å²) in [5, 5.41) is 2.78. The van der Waals surface area contributed by atoms with Gasteiger partial charge in [-0.15, -0.1) is 6.58 Å². The maximum atomic E-state index is 4.07. The third kappa shape index (κ3) is 2.22. The second kappa shape index (κ2) is 5.19. The molecule has 0 aliphatic heterocycles. The Labute approximate surface area is 110 Å². The van der Waals surface area contributed by atoms with Crippen molar-refractivity contribution in [3.8, 4) is 0 Å². The fourth-order valence-corrected chi connectivity index (χ4v) is 4.70. The van der Waals surface area contributed by atoms with Crippen molar-refractivity contribution in [3.05, 3.63) is 79.0 Å². The van der Waals surface area contributed by atoms with Gasteiger partial charge < -0.3 is 0 Å². The van der Waals surface area contributed by atoms with E-state index in [2.05, 4.69) is 80.0 Å². The van der Waals surface area contributed by atoms with Gasteiger partial charge in [-0.1, -0.05) is 89.9 Å². The van der Waals surface area contributed by atoms with Crippen LogP contribution in [0.15, 0.2) is 73.5 Å². The highest BCUT2D eigenvalue weighted by molar-refractivity contribution is 7.05. The fraction of sp³-hybridized carbons (Fsp3) is 0.0588. The molecule has 2 aromatic carbocycles. The summed E-state index contributed by atoms with van der Waals surface area (Å²) < 4.78 is 0. The monoisotopic (exact) mass is 250 g/mol. The standard InChI is InChI=1S/C17H18Si/c1-4-15-11-13-17(14-12-15)18(3,5-2)16-9-7-6-8-10-16/h4-14H,1-2H2,3H3. The van der Waals surface area contributed by atoms with Gasteiger partial charge >= 0.3 is 0 Å². The molecule has 1 atom stereocenters. The number of hydrogen-bond donors (Lipinski definition) is 0. The Bertz CT molecular complexity index is 540. The molecule has 0 nitrogen and oxygen atoms in total. The van der Waals surface area contributed by atoms with Gasteiger partial charge in [0, 0.05) is 0 Å². The Balaban J connectivity index is 2.49. The number of rotatable bonds is 4. The second-order valence-electron chi connectivity index (χ2n) is 4.60. The molecule has 0 N–H and O–H groups in total. The lowest BCUT2D eigenvalue weighted by molar-refractivity contribution is 1.67. The summed E-state index contributed by atoms with van der Waals surface area (Å²) in [6.45, 7) is 10.2. The quantitative estimate of drug-likeness (QED) is 0.731. The molecule has 90 valence electrons. The zero-order valence-corrected chi connectivity index (χ0v) is 11.8. The molecule has 1 unspecified atom stereocenters. The van der Waals surface area contributed by atoms with Crippen LogP contribution in [0.4, 0.5) is 0 Å².